The lowest BCUT2D eigenvalue weighted by Gasteiger charge is -2.46. The number of aromatic hydroxyl groups is 1. The number of nitrogens with zero attached hydrogens (tertiary/aromatic N) is 3. The van der Waals surface area contributed by atoms with Crippen molar-refractivity contribution < 1.29 is 19.0 Å². The Morgan fingerprint density at radius 1 is 1.03 bits per heavy atom. The van der Waals surface area contributed by atoms with Crippen molar-refractivity contribution in [1.82, 2.24) is 9.58 Å². The van der Waals surface area contributed by atoms with E-state index in [1.54, 1.807) is 23.1 Å². The molecule has 0 saturated heterocycles. The number of fused-ring (bicyclic) bond motifs is 6. The average molecular weight is 459 g/mol. The molecule has 7 nitrogen and oxygen atoms in total. The van der Waals surface area contributed by atoms with Gasteiger partial charge in [0.25, 0.3) is 5.91 Å². The molecule has 1 unspecified atom stereocenters. The van der Waals surface area contributed by atoms with E-state index >= 15 is 4.39 Å². The van der Waals surface area contributed by atoms with Gasteiger partial charge in [-0.1, -0.05) is 48.5 Å². The standard InChI is InChI=1S/C26H22FN3O4/c27-19-9-4-8-18-21(17-6-2-1-3-7-17)30-16-28(26(12-13-26)11-5-15-34-24(18)19)25(33)22-23(32)20(31)10-14-29(22)30/h1-11,14,21,32H,12-13,15-16H2/b11-5+. The fraction of sp³-hybridized carbons (Fsp3) is 0.231. The second-order valence-corrected chi connectivity index (χ2v) is 8.82. The van der Waals surface area contributed by atoms with Crippen LogP contribution in [0.5, 0.6) is 11.5 Å². The molecule has 34 heavy (non-hydrogen) atoms. The van der Waals surface area contributed by atoms with Crippen molar-refractivity contribution in [3.63, 3.8) is 0 Å². The summed E-state index contributed by atoms with van der Waals surface area (Å²) in [7, 11) is 0. The first kappa shape index (κ1) is 20.5. The van der Waals surface area contributed by atoms with Gasteiger partial charge in [0.15, 0.2) is 23.0 Å². The molecule has 1 aliphatic carbocycles. The Bertz CT molecular complexity index is 1380. The van der Waals surface area contributed by atoms with Crippen molar-refractivity contribution in [3.05, 3.63) is 106 Å². The van der Waals surface area contributed by atoms with Crippen LogP contribution in [0.25, 0.3) is 0 Å². The molecule has 1 aromatic heterocycles. The highest BCUT2D eigenvalue weighted by Crippen LogP contribution is 2.47. The molecule has 2 aliphatic heterocycles. The van der Waals surface area contributed by atoms with E-state index < -0.39 is 34.5 Å². The van der Waals surface area contributed by atoms with Crippen LogP contribution in [-0.4, -0.2) is 39.4 Å². The molecule has 1 atom stereocenters. The molecule has 3 aliphatic rings. The Morgan fingerprint density at radius 2 is 1.82 bits per heavy atom. The minimum Gasteiger partial charge on any atom is -0.502 e. The fourth-order valence-corrected chi connectivity index (χ4v) is 4.98. The first-order valence-corrected chi connectivity index (χ1v) is 11.2. The van der Waals surface area contributed by atoms with Gasteiger partial charge in [-0.3, -0.25) is 19.3 Å². The zero-order chi connectivity index (χ0) is 23.4. The first-order valence-electron chi connectivity index (χ1n) is 11.2. The fourth-order valence-electron chi connectivity index (χ4n) is 4.98. The molecule has 172 valence electrons. The summed E-state index contributed by atoms with van der Waals surface area (Å²) in [4.78, 5) is 27.6. The van der Waals surface area contributed by atoms with Crippen LogP contribution >= 0.6 is 0 Å². The number of carbonyl (C=O) groups excluding carboxylic acids is 1. The van der Waals surface area contributed by atoms with Crippen molar-refractivity contribution >= 4 is 5.91 Å². The second kappa shape index (κ2) is 7.48. The van der Waals surface area contributed by atoms with Crippen molar-refractivity contribution in [2.75, 3.05) is 18.3 Å². The van der Waals surface area contributed by atoms with Gasteiger partial charge in [-0.25, -0.2) is 4.39 Å². The van der Waals surface area contributed by atoms with Gasteiger partial charge in [0.05, 0.1) is 5.54 Å². The van der Waals surface area contributed by atoms with Crippen LogP contribution in [0.3, 0.4) is 0 Å². The molecule has 1 amide bonds. The number of halogens is 1. The molecular weight excluding hydrogens is 437 g/mol. The SMILES string of the molecule is O=C1c2c(O)c(=O)ccn2N2CN1C1(/C=C/COc3c(F)cccc3C2c2ccccc2)CC1. The Kier molecular flexibility index (Phi) is 4.52. The maximum Gasteiger partial charge on any atom is 0.278 e. The highest BCUT2D eigenvalue weighted by molar-refractivity contribution is 5.97. The summed E-state index contributed by atoms with van der Waals surface area (Å²) < 4.78 is 22.5. The van der Waals surface area contributed by atoms with Gasteiger partial charge in [0.1, 0.15) is 19.3 Å². The van der Waals surface area contributed by atoms with Crippen molar-refractivity contribution in [3.8, 4) is 11.5 Å². The Balaban J connectivity index is 1.67. The van der Waals surface area contributed by atoms with E-state index in [-0.39, 0.29) is 24.7 Å². The molecule has 2 aromatic carbocycles. The smallest absolute Gasteiger partial charge is 0.278 e. The summed E-state index contributed by atoms with van der Waals surface area (Å²) in [5, 5.41) is 12.6. The minimum absolute atomic E-state index is 0.0996. The number of rotatable bonds is 1. The molecule has 1 N–H and O–H groups in total. The molecule has 0 radical (unpaired) electrons. The number of para-hydroxylation sites is 1. The number of hydrogen-bond acceptors (Lipinski definition) is 5. The van der Waals surface area contributed by atoms with Gasteiger partial charge in [0, 0.05) is 17.8 Å². The molecule has 2 bridgehead atoms. The number of pyridine rings is 1. The van der Waals surface area contributed by atoms with E-state index in [0.29, 0.717) is 5.56 Å². The summed E-state index contributed by atoms with van der Waals surface area (Å²) in [6.45, 7) is 0.323. The third-order valence-corrected chi connectivity index (χ3v) is 6.82. The summed E-state index contributed by atoms with van der Waals surface area (Å²) >= 11 is 0. The predicted molar refractivity (Wildman–Crippen MR) is 123 cm³/mol. The second-order valence-electron chi connectivity index (χ2n) is 8.82. The van der Waals surface area contributed by atoms with E-state index in [1.165, 1.54) is 23.0 Å². The van der Waals surface area contributed by atoms with E-state index in [1.807, 2.05) is 41.4 Å². The number of amides is 1. The van der Waals surface area contributed by atoms with Crippen molar-refractivity contribution in [2.45, 2.75) is 24.4 Å². The van der Waals surface area contributed by atoms with Gasteiger partial charge in [-0.2, -0.15) is 0 Å². The lowest BCUT2D eigenvalue weighted by molar-refractivity contribution is 0.0606. The van der Waals surface area contributed by atoms with Crippen LogP contribution in [0.2, 0.25) is 0 Å². The monoisotopic (exact) mass is 459 g/mol. The predicted octanol–water partition coefficient (Wildman–Crippen LogP) is 3.32. The number of aromatic nitrogens is 1. The largest absolute Gasteiger partial charge is 0.502 e. The summed E-state index contributed by atoms with van der Waals surface area (Å²) in [5.74, 6) is -1.37. The highest BCUT2D eigenvalue weighted by Gasteiger charge is 2.52. The average Bonchev–Trinajstić information content (AvgIpc) is 3.63. The van der Waals surface area contributed by atoms with Gasteiger partial charge in [0.2, 0.25) is 5.43 Å². The van der Waals surface area contributed by atoms with Gasteiger partial charge in [-0.05, 0) is 30.5 Å². The van der Waals surface area contributed by atoms with Crippen LogP contribution in [0, 0.1) is 5.82 Å². The molecule has 1 saturated carbocycles. The Morgan fingerprint density at radius 3 is 2.59 bits per heavy atom. The van der Waals surface area contributed by atoms with Crippen LogP contribution in [-0.2, 0) is 0 Å². The zero-order valence-electron chi connectivity index (χ0n) is 18.2. The lowest BCUT2D eigenvalue weighted by atomic mass is 9.96. The molecule has 8 heteroatoms. The summed E-state index contributed by atoms with van der Waals surface area (Å²) in [6, 6.07) is 15.0. The van der Waals surface area contributed by atoms with Crippen LogP contribution in [0.1, 0.15) is 40.5 Å². The lowest BCUT2D eigenvalue weighted by Crippen LogP contribution is -2.58. The van der Waals surface area contributed by atoms with Gasteiger partial charge >= 0.3 is 0 Å². The summed E-state index contributed by atoms with van der Waals surface area (Å²) in [5.41, 5.74) is 0.145. The Hall–Kier alpha value is -4.07. The maximum absolute atomic E-state index is 15.1. The molecule has 6 rings (SSSR count). The molecule has 1 fully saturated rings. The van der Waals surface area contributed by atoms with Crippen molar-refractivity contribution in [2.24, 2.45) is 0 Å². The van der Waals surface area contributed by atoms with Crippen LogP contribution in [0.4, 0.5) is 4.39 Å². The van der Waals surface area contributed by atoms with Gasteiger partial charge < -0.3 is 14.7 Å². The van der Waals surface area contributed by atoms with Crippen LogP contribution < -0.4 is 15.2 Å². The molecule has 3 heterocycles. The van der Waals surface area contributed by atoms with E-state index in [2.05, 4.69) is 0 Å². The molecular formula is C26H22FN3O4. The molecule has 3 aromatic rings. The van der Waals surface area contributed by atoms with E-state index in [4.69, 9.17) is 4.74 Å². The topological polar surface area (TPSA) is 75.0 Å². The maximum atomic E-state index is 15.1. The normalized spacial score (nSPS) is 21.2. The first-order chi connectivity index (χ1) is 16.5. The van der Waals surface area contributed by atoms with E-state index in [0.717, 1.165) is 18.4 Å². The highest BCUT2D eigenvalue weighted by atomic mass is 19.1. The third kappa shape index (κ3) is 3.02. The number of benzene rings is 2. The molecule has 1 spiro atoms. The Labute approximate surface area is 194 Å². The third-order valence-electron chi connectivity index (χ3n) is 6.82. The zero-order valence-corrected chi connectivity index (χ0v) is 18.2. The number of ether oxygens (including phenoxy) is 1. The number of carbonyl (C=O) groups is 1. The van der Waals surface area contributed by atoms with E-state index in [9.17, 15) is 14.7 Å². The summed E-state index contributed by atoms with van der Waals surface area (Å²) in [6.07, 6.45) is 6.70. The van der Waals surface area contributed by atoms with Crippen LogP contribution in [0.15, 0.2) is 77.7 Å². The minimum atomic E-state index is -0.628. The number of hydrogen-bond donors (Lipinski definition) is 1. The quantitative estimate of drug-likeness (QED) is 0.565. The van der Waals surface area contributed by atoms with Crippen molar-refractivity contribution in [1.29, 1.82) is 0 Å². The van der Waals surface area contributed by atoms with Gasteiger partial charge in [-0.15, -0.1) is 0 Å².